The highest BCUT2D eigenvalue weighted by atomic mass is 79.9. The summed E-state index contributed by atoms with van der Waals surface area (Å²) in [5.41, 5.74) is 2.59. The van der Waals surface area contributed by atoms with Gasteiger partial charge in [0.15, 0.2) is 0 Å². The molecule has 0 amide bonds. The van der Waals surface area contributed by atoms with E-state index < -0.39 is 0 Å². The lowest BCUT2D eigenvalue weighted by Crippen LogP contribution is -1.99. The third-order valence-corrected chi connectivity index (χ3v) is 3.22. The molecule has 0 saturated heterocycles. The molecular weight excluding hydrogens is 258 g/mol. The number of rotatable bonds is 1. The van der Waals surface area contributed by atoms with Crippen molar-refractivity contribution in [2.24, 2.45) is 0 Å². The van der Waals surface area contributed by atoms with E-state index in [9.17, 15) is 4.79 Å². The maximum absolute atomic E-state index is 11.4. The second kappa shape index (κ2) is 3.70. The molecule has 0 saturated carbocycles. The van der Waals surface area contributed by atoms with Crippen LogP contribution >= 0.6 is 15.9 Å². The number of esters is 1. The molecule has 1 N–H and O–H groups in total. The molecule has 0 aliphatic carbocycles. The number of aromatic nitrogens is 1. The minimum absolute atomic E-state index is 0.317. The minimum atomic E-state index is -0.317. The number of aromatic amines is 1. The summed E-state index contributed by atoms with van der Waals surface area (Å²) in [5, 5.41) is 0.891. The van der Waals surface area contributed by atoms with Crippen molar-refractivity contribution in [2.45, 2.75) is 6.92 Å². The van der Waals surface area contributed by atoms with Gasteiger partial charge in [-0.15, -0.1) is 0 Å². The Balaban J connectivity index is 2.69. The van der Waals surface area contributed by atoms with Crippen LogP contribution < -0.4 is 0 Å². The molecule has 15 heavy (non-hydrogen) atoms. The third kappa shape index (κ3) is 1.65. The van der Waals surface area contributed by atoms with E-state index in [0.717, 1.165) is 20.9 Å². The summed E-state index contributed by atoms with van der Waals surface area (Å²) < 4.78 is 5.72. The Labute approximate surface area is 95.6 Å². The lowest BCUT2D eigenvalue weighted by molar-refractivity contribution is 0.0603. The SMILES string of the molecule is COC(=O)c1c[nH]c2cc(Br)c(C)cc12. The van der Waals surface area contributed by atoms with Crippen LogP contribution in [0.3, 0.4) is 0 Å². The van der Waals surface area contributed by atoms with Gasteiger partial charge in [0.1, 0.15) is 0 Å². The van der Waals surface area contributed by atoms with Gasteiger partial charge in [-0.1, -0.05) is 15.9 Å². The average Bonchev–Trinajstić information content (AvgIpc) is 2.61. The fourth-order valence-electron chi connectivity index (χ4n) is 1.53. The lowest BCUT2D eigenvalue weighted by Gasteiger charge is -2.00. The first-order valence-electron chi connectivity index (χ1n) is 4.49. The molecule has 0 spiro atoms. The number of fused-ring (bicyclic) bond motifs is 1. The van der Waals surface area contributed by atoms with Crippen LogP contribution in [0.2, 0.25) is 0 Å². The Morgan fingerprint density at radius 3 is 2.87 bits per heavy atom. The first-order chi connectivity index (χ1) is 7.13. The van der Waals surface area contributed by atoms with E-state index in [1.165, 1.54) is 7.11 Å². The topological polar surface area (TPSA) is 42.1 Å². The molecule has 0 atom stereocenters. The average molecular weight is 268 g/mol. The summed E-state index contributed by atoms with van der Waals surface area (Å²) >= 11 is 3.44. The van der Waals surface area contributed by atoms with Gasteiger partial charge in [0.2, 0.25) is 0 Å². The van der Waals surface area contributed by atoms with Crippen LogP contribution in [0.15, 0.2) is 22.8 Å². The molecule has 0 aliphatic heterocycles. The summed E-state index contributed by atoms with van der Waals surface area (Å²) in [4.78, 5) is 14.5. The van der Waals surface area contributed by atoms with E-state index in [1.807, 2.05) is 19.1 Å². The number of ether oxygens (including phenoxy) is 1. The van der Waals surface area contributed by atoms with Gasteiger partial charge in [-0.05, 0) is 24.6 Å². The van der Waals surface area contributed by atoms with Crippen molar-refractivity contribution >= 4 is 32.8 Å². The zero-order valence-electron chi connectivity index (χ0n) is 8.43. The van der Waals surface area contributed by atoms with E-state index in [2.05, 4.69) is 20.9 Å². The van der Waals surface area contributed by atoms with Crippen molar-refractivity contribution < 1.29 is 9.53 Å². The Bertz CT molecular complexity index is 531. The number of hydrogen-bond acceptors (Lipinski definition) is 2. The fraction of sp³-hybridized carbons (Fsp3) is 0.182. The van der Waals surface area contributed by atoms with Crippen LogP contribution in [0.25, 0.3) is 10.9 Å². The zero-order valence-corrected chi connectivity index (χ0v) is 10.0. The highest BCUT2D eigenvalue weighted by Gasteiger charge is 2.12. The predicted molar refractivity (Wildman–Crippen MR) is 62.1 cm³/mol. The fourth-order valence-corrected chi connectivity index (χ4v) is 1.87. The van der Waals surface area contributed by atoms with Gasteiger partial charge in [-0.3, -0.25) is 0 Å². The van der Waals surface area contributed by atoms with Gasteiger partial charge in [0.25, 0.3) is 0 Å². The Morgan fingerprint density at radius 1 is 1.47 bits per heavy atom. The van der Waals surface area contributed by atoms with E-state index >= 15 is 0 Å². The van der Waals surface area contributed by atoms with Gasteiger partial charge in [-0.25, -0.2) is 4.79 Å². The van der Waals surface area contributed by atoms with Crippen molar-refractivity contribution in [1.82, 2.24) is 4.98 Å². The number of carbonyl (C=O) groups is 1. The highest BCUT2D eigenvalue weighted by Crippen LogP contribution is 2.26. The summed E-state index contributed by atoms with van der Waals surface area (Å²) in [7, 11) is 1.38. The van der Waals surface area contributed by atoms with Crippen LogP contribution in [0.1, 0.15) is 15.9 Å². The van der Waals surface area contributed by atoms with Crippen molar-refractivity contribution in [3.05, 3.63) is 33.9 Å². The Hall–Kier alpha value is -1.29. The van der Waals surface area contributed by atoms with Crippen LogP contribution in [0.4, 0.5) is 0 Å². The van der Waals surface area contributed by atoms with E-state index in [-0.39, 0.29) is 5.97 Å². The number of benzene rings is 1. The highest BCUT2D eigenvalue weighted by molar-refractivity contribution is 9.10. The zero-order chi connectivity index (χ0) is 11.0. The first-order valence-corrected chi connectivity index (χ1v) is 5.28. The standard InChI is InChI=1S/C11H10BrNO2/c1-6-3-7-8(11(14)15-2)5-13-10(7)4-9(6)12/h3-5,13H,1-2H3. The van der Waals surface area contributed by atoms with E-state index in [4.69, 9.17) is 4.74 Å². The van der Waals surface area contributed by atoms with Crippen LogP contribution in [-0.4, -0.2) is 18.1 Å². The van der Waals surface area contributed by atoms with Crippen molar-refractivity contribution in [1.29, 1.82) is 0 Å². The third-order valence-electron chi connectivity index (χ3n) is 2.37. The Kier molecular flexibility index (Phi) is 2.52. The van der Waals surface area contributed by atoms with Crippen LogP contribution in [-0.2, 0) is 4.74 Å². The molecule has 1 aromatic carbocycles. The monoisotopic (exact) mass is 267 g/mol. The molecule has 4 heteroatoms. The van der Waals surface area contributed by atoms with Crippen LogP contribution in [0.5, 0.6) is 0 Å². The molecule has 1 heterocycles. The van der Waals surface area contributed by atoms with Gasteiger partial charge in [0, 0.05) is 21.6 Å². The van der Waals surface area contributed by atoms with Gasteiger partial charge >= 0.3 is 5.97 Å². The molecule has 2 aromatic rings. The van der Waals surface area contributed by atoms with Gasteiger partial charge < -0.3 is 9.72 Å². The molecule has 2 rings (SSSR count). The van der Waals surface area contributed by atoms with Crippen molar-refractivity contribution in [2.75, 3.05) is 7.11 Å². The van der Waals surface area contributed by atoms with Gasteiger partial charge in [-0.2, -0.15) is 0 Å². The molecule has 3 nitrogen and oxygen atoms in total. The second-order valence-corrected chi connectivity index (χ2v) is 4.20. The Morgan fingerprint density at radius 2 is 2.20 bits per heavy atom. The molecule has 0 fully saturated rings. The number of aryl methyl sites for hydroxylation is 1. The predicted octanol–water partition coefficient (Wildman–Crippen LogP) is 3.03. The first kappa shape index (κ1) is 10.2. The molecule has 0 bridgehead atoms. The number of hydrogen-bond donors (Lipinski definition) is 1. The minimum Gasteiger partial charge on any atom is -0.465 e. The van der Waals surface area contributed by atoms with E-state index in [0.29, 0.717) is 5.56 Å². The summed E-state index contributed by atoms with van der Waals surface area (Å²) in [6, 6.07) is 3.92. The largest absolute Gasteiger partial charge is 0.465 e. The van der Waals surface area contributed by atoms with Crippen molar-refractivity contribution in [3.63, 3.8) is 0 Å². The molecule has 78 valence electrons. The lowest BCUT2D eigenvalue weighted by atomic mass is 10.1. The number of halogens is 1. The van der Waals surface area contributed by atoms with Crippen molar-refractivity contribution in [3.8, 4) is 0 Å². The summed E-state index contributed by atoms with van der Waals surface area (Å²) in [6.45, 7) is 1.98. The maximum Gasteiger partial charge on any atom is 0.340 e. The molecule has 0 aliphatic rings. The molecule has 0 radical (unpaired) electrons. The number of methoxy groups -OCH3 is 1. The quantitative estimate of drug-likeness (QED) is 0.808. The van der Waals surface area contributed by atoms with E-state index in [1.54, 1.807) is 6.20 Å². The van der Waals surface area contributed by atoms with Gasteiger partial charge in [0.05, 0.1) is 12.7 Å². The normalized spacial score (nSPS) is 10.6. The van der Waals surface area contributed by atoms with Crippen LogP contribution in [0, 0.1) is 6.92 Å². The molecule has 1 aromatic heterocycles. The summed E-state index contributed by atoms with van der Waals surface area (Å²) in [6.07, 6.45) is 1.67. The number of carbonyl (C=O) groups excluding carboxylic acids is 1. The number of nitrogens with one attached hydrogen (secondary N) is 1. The second-order valence-electron chi connectivity index (χ2n) is 3.34. The maximum atomic E-state index is 11.4. The summed E-state index contributed by atoms with van der Waals surface area (Å²) in [5.74, 6) is -0.317. The molecular formula is C11H10BrNO2. The smallest absolute Gasteiger partial charge is 0.340 e. The molecule has 0 unspecified atom stereocenters. The number of H-pyrrole nitrogens is 1.